The van der Waals surface area contributed by atoms with Crippen LogP contribution >= 0.6 is 0 Å². The number of amides is 3. The maximum absolute atomic E-state index is 13.5. The van der Waals surface area contributed by atoms with Gasteiger partial charge >= 0.3 is 6.09 Å². The number of aryl methyl sites for hydroxylation is 2. The van der Waals surface area contributed by atoms with E-state index >= 15 is 0 Å². The minimum Gasteiger partial charge on any atom is -0.444 e. The van der Waals surface area contributed by atoms with E-state index in [2.05, 4.69) is 17.6 Å². The summed E-state index contributed by atoms with van der Waals surface area (Å²) in [5.41, 5.74) is 2.02. The Labute approximate surface area is 193 Å². The average molecular weight is 448 g/mol. The number of carbonyl (C=O) groups excluding carboxylic acids is 3. The van der Waals surface area contributed by atoms with Gasteiger partial charge in [0.1, 0.15) is 18.2 Å². The van der Waals surface area contributed by atoms with Gasteiger partial charge in [-0.25, -0.2) is 4.79 Å². The van der Waals surface area contributed by atoms with E-state index in [0.717, 1.165) is 29.5 Å². The van der Waals surface area contributed by atoms with Crippen molar-refractivity contribution in [3.05, 3.63) is 34.9 Å². The molecule has 0 aliphatic heterocycles. The fourth-order valence-electron chi connectivity index (χ4n) is 3.77. The molecule has 0 fully saturated rings. The minimum absolute atomic E-state index is 0.0108. The lowest BCUT2D eigenvalue weighted by Crippen LogP contribution is -2.51. The molecule has 0 aliphatic carbocycles. The van der Waals surface area contributed by atoms with Crippen LogP contribution in [0.1, 0.15) is 84.0 Å². The van der Waals surface area contributed by atoms with Gasteiger partial charge in [0, 0.05) is 12.1 Å². The molecule has 0 aliphatic rings. The molecule has 7 nitrogen and oxygen atoms in total. The van der Waals surface area contributed by atoms with Crippen LogP contribution in [-0.4, -0.2) is 47.0 Å². The number of hydrogen-bond donors (Lipinski definition) is 2. The summed E-state index contributed by atoms with van der Waals surface area (Å²) in [6, 6.07) is 4.75. The Kier molecular flexibility index (Phi) is 10.2. The minimum atomic E-state index is -0.802. The number of carbonyl (C=O) groups is 3. The van der Waals surface area contributed by atoms with Crippen LogP contribution in [0.3, 0.4) is 0 Å². The van der Waals surface area contributed by atoms with Gasteiger partial charge in [0.2, 0.25) is 11.8 Å². The molecule has 2 unspecified atom stereocenters. The summed E-state index contributed by atoms with van der Waals surface area (Å²) in [4.78, 5) is 40.4. The van der Waals surface area contributed by atoms with Crippen LogP contribution in [0.2, 0.25) is 0 Å². The molecule has 180 valence electrons. The Hall–Kier alpha value is -2.57. The second-order valence-electron chi connectivity index (χ2n) is 9.66. The average Bonchev–Trinajstić information content (AvgIpc) is 2.63. The van der Waals surface area contributed by atoms with Gasteiger partial charge in [-0.3, -0.25) is 9.59 Å². The van der Waals surface area contributed by atoms with E-state index in [1.165, 1.54) is 0 Å². The highest BCUT2D eigenvalue weighted by atomic mass is 16.6. The lowest BCUT2D eigenvalue weighted by atomic mass is 9.93. The molecule has 0 bridgehead atoms. The van der Waals surface area contributed by atoms with Crippen molar-refractivity contribution in [2.45, 2.75) is 98.9 Å². The van der Waals surface area contributed by atoms with E-state index in [1.54, 1.807) is 25.7 Å². The number of alkyl carbamates (subject to hydrolysis) is 1. The van der Waals surface area contributed by atoms with E-state index in [4.69, 9.17) is 4.74 Å². The highest BCUT2D eigenvalue weighted by molar-refractivity contribution is 5.91. The van der Waals surface area contributed by atoms with Gasteiger partial charge in [0.25, 0.3) is 0 Å². The predicted molar refractivity (Wildman–Crippen MR) is 127 cm³/mol. The Bertz CT molecular complexity index is 779. The smallest absolute Gasteiger partial charge is 0.408 e. The summed E-state index contributed by atoms with van der Waals surface area (Å²) in [6.07, 6.45) is 1.13. The van der Waals surface area contributed by atoms with E-state index in [0.29, 0.717) is 0 Å². The van der Waals surface area contributed by atoms with E-state index in [1.807, 2.05) is 52.8 Å². The normalized spacial score (nSPS) is 13.3. The Balaban J connectivity index is 3.28. The topological polar surface area (TPSA) is 87.7 Å². The molecule has 32 heavy (non-hydrogen) atoms. The second-order valence-corrected chi connectivity index (χ2v) is 9.66. The van der Waals surface area contributed by atoms with Crippen molar-refractivity contribution in [1.29, 1.82) is 0 Å². The number of nitrogens with zero attached hydrogens (tertiary/aromatic N) is 1. The highest BCUT2D eigenvalue weighted by Gasteiger charge is 2.35. The van der Waals surface area contributed by atoms with Gasteiger partial charge in [-0.2, -0.15) is 0 Å². The first-order valence-corrected chi connectivity index (χ1v) is 11.4. The molecule has 0 radical (unpaired) electrons. The summed E-state index contributed by atoms with van der Waals surface area (Å²) in [5, 5.41) is 5.60. The van der Waals surface area contributed by atoms with E-state index in [9.17, 15) is 14.4 Å². The predicted octanol–water partition coefficient (Wildman–Crippen LogP) is 4.41. The number of benzene rings is 1. The van der Waals surface area contributed by atoms with Crippen molar-refractivity contribution in [1.82, 2.24) is 15.5 Å². The van der Waals surface area contributed by atoms with Crippen LogP contribution in [0.15, 0.2) is 18.2 Å². The Morgan fingerprint density at radius 2 is 1.62 bits per heavy atom. The first-order chi connectivity index (χ1) is 14.8. The molecule has 7 heteroatoms. The molecule has 0 saturated heterocycles. The van der Waals surface area contributed by atoms with Gasteiger partial charge in [0.15, 0.2) is 0 Å². The largest absolute Gasteiger partial charge is 0.444 e. The SMILES string of the molecule is CCCC(C)NC(=O)C(c1c(C)cccc1C)N(C(=O)CNC(=O)OC(C)(C)C)C(C)C. The summed E-state index contributed by atoms with van der Waals surface area (Å²) < 4.78 is 5.24. The molecule has 1 aromatic carbocycles. The van der Waals surface area contributed by atoms with Gasteiger partial charge in [-0.15, -0.1) is 0 Å². The van der Waals surface area contributed by atoms with Gasteiger partial charge in [-0.1, -0.05) is 31.5 Å². The van der Waals surface area contributed by atoms with Crippen molar-refractivity contribution >= 4 is 17.9 Å². The maximum atomic E-state index is 13.5. The first kappa shape index (κ1) is 27.5. The Morgan fingerprint density at radius 3 is 2.09 bits per heavy atom. The third-order valence-electron chi connectivity index (χ3n) is 5.08. The van der Waals surface area contributed by atoms with Crippen LogP contribution < -0.4 is 10.6 Å². The molecule has 1 aromatic rings. The molecule has 0 aromatic heterocycles. The third-order valence-corrected chi connectivity index (χ3v) is 5.08. The van der Waals surface area contributed by atoms with Gasteiger partial charge in [-0.05, 0) is 78.5 Å². The summed E-state index contributed by atoms with van der Waals surface area (Å²) in [5.74, 6) is -0.570. The molecule has 0 spiro atoms. The monoisotopic (exact) mass is 447 g/mol. The second kappa shape index (κ2) is 11.9. The van der Waals surface area contributed by atoms with Crippen molar-refractivity contribution in [2.75, 3.05) is 6.54 Å². The quantitative estimate of drug-likeness (QED) is 0.587. The molecular weight excluding hydrogens is 406 g/mol. The number of hydrogen-bond acceptors (Lipinski definition) is 4. The molecule has 1 rings (SSSR count). The Morgan fingerprint density at radius 1 is 1.06 bits per heavy atom. The highest BCUT2D eigenvalue weighted by Crippen LogP contribution is 2.29. The van der Waals surface area contributed by atoms with E-state index in [-0.39, 0.29) is 30.4 Å². The van der Waals surface area contributed by atoms with Crippen LogP contribution in [-0.2, 0) is 14.3 Å². The van der Waals surface area contributed by atoms with Crippen molar-refractivity contribution in [3.63, 3.8) is 0 Å². The van der Waals surface area contributed by atoms with Crippen LogP contribution in [0, 0.1) is 13.8 Å². The summed E-state index contributed by atoms with van der Waals surface area (Å²) in [7, 11) is 0. The molecule has 2 atom stereocenters. The van der Waals surface area contributed by atoms with Crippen LogP contribution in [0.25, 0.3) is 0 Å². The maximum Gasteiger partial charge on any atom is 0.408 e. The van der Waals surface area contributed by atoms with Crippen molar-refractivity contribution in [3.8, 4) is 0 Å². The zero-order chi connectivity index (χ0) is 24.6. The van der Waals surface area contributed by atoms with Gasteiger partial charge < -0.3 is 20.3 Å². The molecule has 2 N–H and O–H groups in total. The first-order valence-electron chi connectivity index (χ1n) is 11.4. The standard InChI is InChI=1S/C25H41N3O4/c1-10-12-19(6)27-23(30)22(21-17(4)13-11-14-18(21)5)28(16(2)3)20(29)15-26-24(31)32-25(7,8)9/h11,13-14,16,19,22H,10,12,15H2,1-9H3,(H,26,31)(H,27,30). The lowest BCUT2D eigenvalue weighted by Gasteiger charge is -2.36. The molecule has 0 saturated carbocycles. The van der Waals surface area contributed by atoms with Crippen molar-refractivity contribution < 1.29 is 19.1 Å². The van der Waals surface area contributed by atoms with Crippen LogP contribution in [0.4, 0.5) is 4.79 Å². The molecular formula is C25H41N3O4. The zero-order valence-corrected chi connectivity index (χ0v) is 21.2. The number of nitrogens with one attached hydrogen (secondary N) is 2. The van der Waals surface area contributed by atoms with Crippen LogP contribution in [0.5, 0.6) is 0 Å². The molecule has 0 heterocycles. The number of ether oxygens (including phenoxy) is 1. The number of rotatable bonds is 9. The lowest BCUT2D eigenvalue weighted by molar-refractivity contribution is -0.142. The zero-order valence-electron chi connectivity index (χ0n) is 21.2. The fourth-order valence-corrected chi connectivity index (χ4v) is 3.77. The fraction of sp³-hybridized carbons (Fsp3) is 0.640. The van der Waals surface area contributed by atoms with E-state index < -0.39 is 17.7 Å². The van der Waals surface area contributed by atoms with Crippen molar-refractivity contribution in [2.24, 2.45) is 0 Å². The molecule has 3 amide bonds. The summed E-state index contributed by atoms with van der Waals surface area (Å²) in [6.45, 7) is 16.7. The van der Waals surface area contributed by atoms with Gasteiger partial charge in [0.05, 0.1) is 0 Å². The summed E-state index contributed by atoms with van der Waals surface area (Å²) >= 11 is 0. The third kappa shape index (κ3) is 8.17.